The van der Waals surface area contributed by atoms with Crippen LogP contribution in [0, 0.1) is 5.82 Å². The Balaban J connectivity index is 1.49. The number of carbonyl (C=O) groups excluding carboxylic acids is 1. The molecule has 2 aromatic carbocycles. The number of para-hydroxylation sites is 1. The summed E-state index contributed by atoms with van der Waals surface area (Å²) in [7, 11) is -3.69. The minimum absolute atomic E-state index is 0.0491. The summed E-state index contributed by atoms with van der Waals surface area (Å²) in [5.74, 6) is -1.62. The lowest BCUT2D eigenvalue weighted by molar-refractivity contribution is -0.116. The number of halogens is 1. The summed E-state index contributed by atoms with van der Waals surface area (Å²) in [5.41, 5.74) is 2.97. The van der Waals surface area contributed by atoms with Gasteiger partial charge in [0.1, 0.15) is 16.6 Å². The average molecular weight is 445 g/mol. The van der Waals surface area contributed by atoms with E-state index in [2.05, 4.69) is 4.98 Å². The van der Waals surface area contributed by atoms with E-state index in [0.29, 0.717) is 10.7 Å². The molecule has 0 saturated heterocycles. The van der Waals surface area contributed by atoms with Crippen molar-refractivity contribution in [2.75, 3.05) is 10.7 Å². The normalized spacial score (nSPS) is 16.3. The van der Waals surface area contributed by atoms with Crippen LogP contribution in [0.1, 0.15) is 24.6 Å². The monoisotopic (exact) mass is 444 g/mol. The molecule has 0 bridgehead atoms. The van der Waals surface area contributed by atoms with Crippen LogP contribution in [0.15, 0.2) is 53.9 Å². The van der Waals surface area contributed by atoms with Crippen molar-refractivity contribution in [3.8, 4) is 10.6 Å². The number of aryl methyl sites for hydroxylation is 1. The molecule has 30 heavy (non-hydrogen) atoms. The molecule has 156 valence electrons. The molecule has 1 aliphatic heterocycles. The second-order valence-corrected chi connectivity index (χ2v) is 10.4. The van der Waals surface area contributed by atoms with E-state index >= 15 is 0 Å². The number of hydrogen-bond acceptors (Lipinski definition) is 5. The molecular formula is C22H21FN2O3S2. The summed E-state index contributed by atoms with van der Waals surface area (Å²) >= 11 is 1.29. The fraction of sp³-hybridized carbons (Fsp3) is 0.273. The third-order valence-corrected chi connectivity index (χ3v) is 7.51. The zero-order chi connectivity index (χ0) is 21.3. The van der Waals surface area contributed by atoms with E-state index in [1.807, 2.05) is 31.2 Å². The zero-order valence-corrected chi connectivity index (χ0v) is 18.0. The van der Waals surface area contributed by atoms with Crippen LogP contribution >= 0.6 is 11.3 Å². The molecule has 0 N–H and O–H groups in total. The van der Waals surface area contributed by atoms with Gasteiger partial charge in [-0.3, -0.25) is 4.79 Å². The summed E-state index contributed by atoms with van der Waals surface area (Å²) in [6.07, 6.45) is 1.68. The molecule has 0 unspecified atom stereocenters. The molecule has 1 amide bonds. The summed E-state index contributed by atoms with van der Waals surface area (Å²) in [6, 6.07) is 13.5. The van der Waals surface area contributed by atoms with Gasteiger partial charge in [-0.1, -0.05) is 18.2 Å². The number of anilines is 1. The maximum Gasteiger partial charge on any atom is 0.242 e. The Kier molecular flexibility index (Phi) is 5.71. The largest absolute Gasteiger partial charge is 0.308 e. The van der Waals surface area contributed by atoms with E-state index in [-0.39, 0.29) is 17.6 Å². The fourth-order valence-electron chi connectivity index (χ4n) is 3.70. The van der Waals surface area contributed by atoms with Crippen molar-refractivity contribution < 1.29 is 17.6 Å². The second kappa shape index (κ2) is 8.28. The molecule has 0 radical (unpaired) electrons. The van der Waals surface area contributed by atoms with Gasteiger partial charge in [-0.05, 0) is 55.7 Å². The lowest BCUT2D eigenvalue weighted by Gasteiger charge is -2.35. The van der Waals surface area contributed by atoms with Gasteiger partial charge in [0.2, 0.25) is 5.91 Å². The molecule has 4 rings (SSSR count). The highest BCUT2D eigenvalue weighted by atomic mass is 32.2. The van der Waals surface area contributed by atoms with Gasteiger partial charge in [-0.15, -0.1) is 11.3 Å². The third-order valence-electron chi connectivity index (χ3n) is 5.15. The molecule has 1 aromatic heterocycles. The highest BCUT2D eigenvalue weighted by Crippen LogP contribution is 2.31. The summed E-state index contributed by atoms with van der Waals surface area (Å²) < 4.78 is 38.6. The Morgan fingerprint density at radius 2 is 1.93 bits per heavy atom. The average Bonchev–Trinajstić information content (AvgIpc) is 3.15. The molecule has 0 spiro atoms. The summed E-state index contributed by atoms with van der Waals surface area (Å²) in [6.45, 7) is 1.94. The van der Waals surface area contributed by atoms with E-state index in [0.717, 1.165) is 29.7 Å². The van der Waals surface area contributed by atoms with Crippen LogP contribution in [-0.4, -0.2) is 31.1 Å². The second-order valence-electron chi connectivity index (χ2n) is 7.46. The van der Waals surface area contributed by atoms with Gasteiger partial charge in [0.15, 0.2) is 9.84 Å². The molecule has 3 aromatic rings. The van der Waals surface area contributed by atoms with Crippen LogP contribution in [0.3, 0.4) is 0 Å². The lowest BCUT2D eigenvalue weighted by atomic mass is 9.97. The lowest BCUT2D eigenvalue weighted by Crippen LogP contribution is -2.45. The van der Waals surface area contributed by atoms with Crippen molar-refractivity contribution in [3.05, 3.63) is 71.0 Å². The zero-order valence-electron chi connectivity index (χ0n) is 16.4. The number of nitrogens with zero attached hydrogens (tertiary/aromatic N) is 2. The Morgan fingerprint density at radius 3 is 2.70 bits per heavy atom. The van der Waals surface area contributed by atoms with Crippen molar-refractivity contribution in [3.63, 3.8) is 0 Å². The molecule has 0 aliphatic carbocycles. The SMILES string of the molecule is C[C@@H]1CCc2ccccc2N1C(=O)CS(=O)(=O)Cc1csc(-c2ccc(F)cc2)n1. The molecule has 0 fully saturated rings. The van der Waals surface area contributed by atoms with Crippen LogP contribution in [0.25, 0.3) is 10.6 Å². The molecule has 0 saturated carbocycles. The van der Waals surface area contributed by atoms with Crippen LogP contribution in [0.5, 0.6) is 0 Å². The highest BCUT2D eigenvalue weighted by Gasteiger charge is 2.31. The Morgan fingerprint density at radius 1 is 1.20 bits per heavy atom. The maximum atomic E-state index is 13.1. The predicted molar refractivity (Wildman–Crippen MR) is 117 cm³/mol. The number of carbonyl (C=O) groups is 1. The molecule has 8 heteroatoms. The van der Waals surface area contributed by atoms with Crippen molar-refractivity contribution in [1.29, 1.82) is 0 Å². The van der Waals surface area contributed by atoms with Gasteiger partial charge in [-0.2, -0.15) is 0 Å². The van der Waals surface area contributed by atoms with E-state index in [9.17, 15) is 17.6 Å². The number of amides is 1. The van der Waals surface area contributed by atoms with E-state index in [4.69, 9.17) is 0 Å². The molecular weight excluding hydrogens is 423 g/mol. The fourth-order valence-corrected chi connectivity index (χ4v) is 5.85. The molecule has 1 atom stereocenters. The Bertz CT molecular complexity index is 1170. The Labute approximate surface area is 179 Å². The maximum absolute atomic E-state index is 13.1. The number of rotatable bonds is 5. The van der Waals surface area contributed by atoms with Gasteiger partial charge in [0.25, 0.3) is 0 Å². The molecule has 5 nitrogen and oxygen atoms in total. The van der Waals surface area contributed by atoms with Crippen LogP contribution < -0.4 is 4.90 Å². The first-order valence-electron chi connectivity index (χ1n) is 9.63. The number of fused-ring (bicyclic) bond motifs is 1. The van der Waals surface area contributed by atoms with E-state index in [1.54, 1.807) is 22.4 Å². The van der Waals surface area contributed by atoms with Crippen molar-refractivity contribution in [1.82, 2.24) is 4.98 Å². The van der Waals surface area contributed by atoms with E-state index < -0.39 is 21.5 Å². The van der Waals surface area contributed by atoms with Crippen LogP contribution in [0.4, 0.5) is 10.1 Å². The van der Waals surface area contributed by atoms with Gasteiger partial charge in [0.05, 0.1) is 11.4 Å². The topological polar surface area (TPSA) is 67.3 Å². The first-order valence-corrected chi connectivity index (χ1v) is 12.3. The number of benzene rings is 2. The van der Waals surface area contributed by atoms with Crippen molar-refractivity contribution >= 4 is 32.8 Å². The van der Waals surface area contributed by atoms with Crippen LogP contribution in [-0.2, 0) is 26.8 Å². The van der Waals surface area contributed by atoms with Gasteiger partial charge in [0, 0.05) is 22.7 Å². The number of aromatic nitrogens is 1. The first kappa shape index (κ1) is 20.7. The van der Waals surface area contributed by atoms with Crippen molar-refractivity contribution in [2.24, 2.45) is 0 Å². The smallest absolute Gasteiger partial charge is 0.242 e. The van der Waals surface area contributed by atoms with E-state index in [1.165, 1.54) is 23.5 Å². The number of hydrogen-bond donors (Lipinski definition) is 0. The predicted octanol–water partition coefficient (Wildman–Crippen LogP) is 4.23. The standard InChI is InChI=1S/C22H21FN2O3S2/c1-15-6-7-16-4-2-3-5-20(16)25(15)21(26)14-30(27,28)13-19-12-29-22(24-19)17-8-10-18(23)11-9-17/h2-5,8-12,15H,6-7,13-14H2,1H3/t15-/m1/s1. The number of sulfone groups is 1. The number of thiazole rings is 1. The minimum atomic E-state index is -3.69. The van der Waals surface area contributed by atoms with Gasteiger partial charge >= 0.3 is 0 Å². The third kappa shape index (κ3) is 4.44. The molecule has 2 heterocycles. The van der Waals surface area contributed by atoms with Gasteiger partial charge in [-0.25, -0.2) is 17.8 Å². The Hall–Kier alpha value is -2.58. The minimum Gasteiger partial charge on any atom is -0.308 e. The molecule has 1 aliphatic rings. The van der Waals surface area contributed by atoms with Crippen molar-refractivity contribution in [2.45, 2.75) is 31.6 Å². The quantitative estimate of drug-likeness (QED) is 0.591. The summed E-state index contributed by atoms with van der Waals surface area (Å²) in [5, 5.41) is 2.28. The van der Waals surface area contributed by atoms with Crippen LogP contribution in [0.2, 0.25) is 0 Å². The van der Waals surface area contributed by atoms with Gasteiger partial charge < -0.3 is 4.90 Å². The highest BCUT2D eigenvalue weighted by molar-refractivity contribution is 7.91. The summed E-state index contributed by atoms with van der Waals surface area (Å²) in [4.78, 5) is 18.9. The first-order chi connectivity index (χ1) is 14.3.